The van der Waals surface area contributed by atoms with E-state index < -0.39 is 7.51 Å². The minimum absolute atomic E-state index is 0.136. The Morgan fingerprint density at radius 2 is 1.11 bits per heavy atom. The van der Waals surface area contributed by atoms with Gasteiger partial charge in [-0.3, -0.25) is 0 Å². The van der Waals surface area contributed by atoms with Crippen molar-refractivity contribution in [2.24, 2.45) is 0 Å². The highest BCUT2D eigenvalue weighted by atomic mass is 31.2. The molecule has 3 heterocycles. The van der Waals surface area contributed by atoms with E-state index in [0.29, 0.717) is 0 Å². The van der Waals surface area contributed by atoms with Gasteiger partial charge in [0.25, 0.3) is 0 Å². The first-order chi connectivity index (χ1) is 13.5. The number of hydrogen-bond acceptors (Lipinski definition) is 0. The molecule has 0 radical (unpaired) electrons. The number of hydrogen-bond donors (Lipinski definition) is 0. The van der Waals surface area contributed by atoms with Crippen molar-refractivity contribution in [2.75, 3.05) is 39.3 Å². The van der Waals surface area contributed by atoms with E-state index in [4.69, 9.17) is 0 Å². The minimum atomic E-state index is -1.70. The summed E-state index contributed by atoms with van der Waals surface area (Å²) in [6.07, 6.45) is 8.21. The van der Waals surface area contributed by atoms with E-state index in [0.717, 1.165) is 6.54 Å². The van der Waals surface area contributed by atoms with Crippen molar-refractivity contribution in [3.05, 3.63) is 35.9 Å². The molecule has 1 aromatic carbocycles. The Bertz CT molecular complexity index is 644. The van der Waals surface area contributed by atoms with Crippen LogP contribution in [0.1, 0.15) is 64.9 Å². The second-order valence-corrected chi connectivity index (χ2v) is 13.0. The molecule has 0 unspecified atom stereocenters. The molecule has 4 rings (SSSR count). The SMILES string of the molecule is CC(C)(C)[N+](Cc1ccccc1)=P(N1CCCC1)(N1CCCC1)N1CCCC1. The fourth-order valence-electron chi connectivity index (χ4n) is 5.39. The first-order valence-electron chi connectivity index (χ1n) is 11.5. The Hall–Kier alpha value is -0.670. The Labute approximate surface area is 172 Å². The van der Waals surface area contributed by atoms with E-state index in [2.05, 4.69) is 69.4 Å². The molecule has 0 N–H and O–H groups in total. The van der Waals surface area contributed by atoms with Crippen molar-refractivity contribution in [3.8, 4) is 0 Å². The molecule has 0 atom stereocenters. The number of nitrogens with zero attached hydrogens (tertiary/aromatic N) is 4. The fourth-order valence-corrected chi connectivity index (χ4v) is 11.0. The van der Waals surface area contributed by atoms with Gasteiger partial charge in [0.15, 0.2) is 12.1 Å². The maximum atomic E-state index is 2.96. The Morgan fingerprint density at radius 3 is 1.46 bits per heavy atom. The zero-order valence-electron chi connectivity index (χ0n) is 18.3. The van der Waals surface area contributed by atoms with Crippen molar-refractivity contribution in [2.45, 2.75) is 71.4 Å². The molecule has 28 heavy (non-hydrogen) atoms. The van der Waals surface area contributed by atoms with E-state index in [1.165, 1.54) is 83.4 Å². The number of rotatable bonds is 5. The molecule has 0 aromatic heterocycles. The topological polar surface area (TPSA) is 12.7 Å². The maximum Gasteiger partial charge on any atom is 0.312 e. The molecule has 5 heteroatoms. The molecule has 4 nitrogen and oxygen atoms in total. The van der Waals surface area contributed by atoms with Crippen LogP contribution in [0.4, 0.5) is 0 Å². The van der Waals surface area contributed by atoms with E-state index in [1.54, 1.807) is 0 Å². The monoisotopic (exact) mass is 403 g/mol. The Balaban J connectivity index is 1.95. The van der Waals surface area contributed by atoms with Crippen LogP contribution in [0.25, 0.3) is 0 Å². The average Bonchev–Trinajstić information content (AvgIpc) is 3.45. The largest absolute Gasteiger partial charge is 0.312 e. The molecule has 0 aliphatic carbocycles. The molecule has 0 bridgehead atoms. The van der Waals surface area contributed by atoms with Crippen LogP contribution in [0.2, 0.25) is 0 Å². The smallest absolute Gasteiger partial charge is 0.214 e. The lowest BCUT2D eigenvalue weighted by atomic mass is 10.1. The third kappa shape index (κ3) is 3.86. The van der Waals surface area contributed by atoms with Gasteiger partial charge in [-0.1, -0.05) is 30.3 Å². The first kappa shape index (κ1) is 20.6. The summed E-state index contributed by atoms with van der Waals surface area (Å²) in [6.45, 7) is 16.1. The van der Waals surface area contributed by atoms with Crippen LogP contribution >= 0.6 is 7.51 Å². The van der Waals surface area contributed by atoms with Crippen LogP contribution in [0.15, 0.2) is 30.3 Å². The van der Waals surface area contributed by atoms with Crippen molar-refractivity contribution < 1.29 is 4.33 Å². The summed E-state index contributed by atoms with van der Waals surface area (Å²) in [5.41, 5.74) is 1.59. The molecule has 1 aromatic rings. The highest BCUT2D eigenvalue weighted by Crippen LogP contribution is 2.63. The third-order valence-corrected chi connectivity index (χ3v) is 11.5. The Morgan fingerprint density at radius 1 is 0.714 bits per heavy atom. The molecule has 0 spiro atoms. The van der Waals surface area contributed by atoms with Gasteiger partial charge in [0, 0.05) is 44.8 Å². The zero-order valence-corrected chi connectivity index (χ0v) is 19.2. The van der Waals surface area contributed by atoms with Gasteiger partial charge in [0.1, 0.15) is 0 Å². The van der Waals surface area contributed by atoms with Crippen molar-refractivity contribution in [1.82, 2.24) is 14.0 Å². The van der Waals surface area contributed by atoms with Gasteiger partial charge in [0.2, 0.25) is 0 Å². The molecular formula is C23H40N4P+. The lowest BCUT2D eigenvalue weighted by molar-refractivity contribution is -0.601. The zero-order chi connectivity index (χ0) is 19.6. The van der Waals surface area contributed by atoms with Gasteiger partial charge in [-0.2, -0.15) is 0 Å². The van der Waals surface area contributed by atoms with Gasteiger partial charge < -0.3 is 0 Å². The highest BCUT2D eigenvalue weighted by molar-refractivity contribution is 7.56. The molecule has 3 aliphatic heterocycles. The van der Waals surface area contributed by atoms with Gasteiger partial charge in [-0.25, -0.2) is 18.3 Å². The number of benzene rings is 1. The lowest BCUT2D eigenvalue weighted by Gasteiger charge is -2.45. The molecule has 156 valence electrons. The quantitative estimate of drug-likeness (QED) is 0.625. The molecule has 3 saturated heterocycles. The second kappa shape index (κ2) is 8.60. The molecular weight excluding hydrogens is 363 g/mol. The van der Waals surface area contributed by atoms with Crippen LogP contribution in [-0.4, -0.2) is 63.1 Å². The minimum Gasteiger partial charge on any atom is -0.214 e. The van der Waals surface area contributed by atoms with Crippen molar-refractivity contribution in [3.63, 3.8) is 0 Å². The predicted molar refractivity (Wildman–Crippen MR) is 120 cm³/mol. The summed E-state index contributed by atoms with van der Waals surface area (Å²) < 4.78 is 11.8. The molecule has 3 aliphatic rings. The van der Waals surface area contributed by atoms with Crippen molar-refractivity contribution >= 4 is 7.51 Å². The predicted octanol–water partition coefficient (Wildman–Crippen LogP) is 5.23. The van der Waals surface area contributed by atoms with Crippen LogP contribution in [0.3, 0.4) is 0 Å². The van der Waals surface area contributed by atoms with Gasteiger partial charge >= 0.3 is 7.51 Å². The van der Waals surface area contributed by atoms with E-state index in [-0.39, 0.29) is 5.54 Å². The fraction of sp³-hybridized carbons (Fsp3) is 0.739. The second-order valence-electron chi connectivity index (χ2n) is 9.73. The van der Waals surface area contributed by atoms with Crippen molar-refractivity contribution in [1.29, 1.82) is 0 Å². The lowest BCUT2D eigenvalue weighted by Crippen LogP contribution is -2.47. The molecule has 0 amide bonds. The van der Waals surface area contributed by atoms with E-state index in [1.807, 2.05) is 0 Å². The van der Waals surface area contributed by atoms with Crippen LogP contribution in [-0.2, 0) is 6.54 Å². The summed E-state index contributed by atoms with van der Waals surface area (Å²) in [4.78, 5) is 0. The normalized spacial score (nSPS) is 23.0. The summed E-state index contributed by atoms with van der Waals surface area (Å²) in [6, 6.07) is 11.2. The summed E-state index contributed by atoms with van der Waals surface area (Å²) in [7, 11) is -1.70. The van der Waals surface area contributed by atoms with Crippen LogP contribution in [0, 0.1) is 0 Å². The average molecular weight is 404 g/mol. The molecule has 0 saturated carbocycles. The molecule has 3 fully saturated rings. The van der Waals surface area contributed by atoms with Gasteiger partial charge in [-0.05, 0) is 59.3 Å². The highest BCUT2D eigenvalue weighted by Gasteiger charge is 2.53. The summed E-state index contributed by atoms with van der Waals surface area (Å²) in [5, 5.41) is 0. The van der Waals surface area contributed by atoms with Crippen LogP contribution in [0.5, 0.6) is 0 Å². The summed E-state index contributed by atoms with van der Waals surface area (Å²) in [5.74, 6) is 0. The van der Waals surface area contributed by atoms with E-state index in [9.17, 15) is 0 Å². The van der Waals surface area contributed by atoms with E-state index >= 15 is 0 Å². The standard InChI is InChI=1S/C23H40N4P/c1-23(2,3)27(21-22-13-5-4-6-14-22)28(24-15-7-8-16-24,25-17-9-10-18-25)26-19-11-12-20-26/h4-6,13-14H,7-12,15-21H2,1-3H3/q+1. The first-order valence-corrected chi connectivity index (χ1v) is 13.1. The third-order valence-electron chi connectivity index (χ3n) is 6.66. The van der Waals surface area contributed by atoms with Crippen LogP contribution < -0.4 is 0 Å². The maximum absolute atomic E-state index is 2.96. The summed E-state index contributed by atoms with van der Waals surface area (Å²) >= 11 is 0. The Kier molecular flexibility index (Phi) is 6.32. The van der Waals surface area contributed by atoms with Gasteiger partial charge in [0.05, 0.1) is 0 Å². The van der Waals surface area contributed by atoms with Gasteiger partial charge in [-0.15, -0.1) is 0 Å².